The molecule has 1 aromatic carbocycles. The standard InChI is InChI=1S/C20H29F2N3O2Si/c1-19(2,3)28(4,5)27-11-15-9-20(26-10-15,12-25-14-23-13-24-25)17-7-6-16(21)8-18(17)22/h6-8,13-15H,9-12H2,1-5H3/t15-,20-/m0/s1. The van der Waals surface area contributed by atoms with Crippen molar-refractivity contribution in [2.45, 2.75) is 57.5 Å². The number of hydrogen-bond acceptors (Lipinski definition) is 4. The Labute approximate surface area is 166 Å². The first-order valence-corrected chi connectivity index (χ1v) is 12.5. The van der Waals surface area contributed by atoms with Crippen LogP contribution in [0.15, 0.2) is 30.9 Å². The highest BCUT2D eigenvalue weighted by Gasteiger charge is 2.45. The van der Waals surface area contributed by atoms with Crippen LogP contribution in [0.4, 0.5) is 8.78 Å². The van der Waals surface area contributed by atoms with E-state index in [-0.39, 0.29) is 11.0 Å². The maximum absolute atomic E-state index is 14.6. The van der Waals surface area contributed by atoms with E-state index in [2.05, 4.69) is 43.9 Å². The normalized spacial score (nSPS) is 23.3. The summed E-state index contributed by atoms with van der Waals surface area (Å²) in [6.07, 6.45) is 3.58. The lowest BCUT2D eigenvalue weighted by atomic mass is 9.87. The smallest absolute Gasteiger partial charge is 0.191 e. The molecule has 1 aromatic heterocycles. The van der Waals surface area contributed by atoms with E-state index in [0.29, 0.717) is 31.7 Å². The lowest BCUT2D eigenvalue weighted by Gasteiger charge is -2.37. The molecular formula is C20H29F2N3O2Si. The molecule has 1 saturated heterocycles. The van der Waals surface area contributed by atoms with Crippen molar-refractivity contribution >= 4 is 8.32 Å². The average Bonchev–Trinajstić information content (AvgIpc) is 3.23. The molecular weight excluding hydrogens is 380 g/mol. The number of ether oxygens (including phenoxy) is 1. The Balaban J connectivity index is 1.82. The van der Waals surface area contributed by atoms with Crippen LogP contribution in [0.3, 0.4) is 0 Å². The van der Waals surface area contributed by atoms with Crippen LogP contribution in [0.5, 0.6) is 0 Å². The van der Waals surface area contributed by atoms with Gasteiger partial charge in [-0.15, -0.1) is 0 Å². The maximum Gasteiger partial charge on any atom is 0.191 e. The first kappa shape index (κ1) is 21.1. The highest BCUT2D eigenvalue weighted by atomic mass is 28.4. The third kappa shape index (κ3) is 4.34. The van der Waals surface area contributed by atoms with Gasteiger partial charge in [-0.2, -0.15) is 5.10 Å². The number of hydrogen-bond donors (Lipinski definition) is 0. The molecule has 1 aliphatic rings. The molecule has 3 rings (SSSR count). The van der Waals surface area contributed by atoms with Crippen LogP contribution >= 0.6 is 0 Å². The van der Waals surface area contributed by atoms with Gasteiger partial charge in [-0.25, -0.2) is 18.4 Å². The molecule has 1 fully saturated rings. The third-order valence-corrected chi connectivity index (χ3v) is 10.5. The number of nitrogens with zero attached hydrogens (tertiary/aromatic N) is 3. The lowest BCUT2D eigenvalue weighted by Crippen LogP contribution is -2.42. The molecule has 154 valence electrons. The monoisotopic (exact) mass is 409 g/mol. The molecule has 0 spiro atoms. The van der Waals surface area contributed by atoms with Gasteiger partial charge >= 0.3 is 0 Å². The van der Waals surface area contributed by atoms with Crippen LogP contribution < -0.4 is 0 Å². The Morgan fingerprint density at radius 2 is 2.07 bits per heavy atom. The minimum atomic E-state index is -1.89. The topological polar surface area (TPSA) is 49.2 Å². The number of benzene rings is 1. The molecule has 0 saturated carbocycles. The van der Waals surface area contributed by atoms with Crippen molar-refractivity contribution in [1.29, 1.82) is 0 Å². The van der Waals surface area contributed by atoms with Gasteiger partial charge in [0.1, 0.15) is 29.9 Å². The van der Waals surface area contributed by atoms with Crippen molar-refractivity contribution in [2.75, 3.05) is 13.2 Å². The third-order valence-electron chi connectivity index (χ3n) is 6.01. The molecule has 2 heterocycles. The fourth-order valence-corrected chi connectivity index (χ4v) is 4.41. The Hall–Kier alpha value is -1.64. The van der Waals surface area contributed by atoms with Crippen molar-refractivity contribution in [2.24, 2.45) is 5.92 Å². The Kier molecular flexibility index (Phi) is 5.75. The van der Waals surface area contributed by atoms with E-state index in [0.717, 1.165) is 6.07 Å². The molecule has 5 nitrogen and oxygen atoms in total. The largest absolute Gasteiger partial charge is 0.416 e. The zero-order valence-electron chi connectivity index (χ0n) is 17.2. The molecule has 8 heteroatoms. The first-order valence-electron chi connectivity index (χ1n) is 9.58. The Morgan fingerprint density at radius 1 is 1.32 bits per heavy atom. The van der Waals surface area contributed by atoms with Crippen molar-refractivity contribution in [3.05, 3.63) is 48.1 Å². The maximum atomic E-state index is 14.6. The van der Waals surface area contributed by atoms with Gasteiger partial charge < -0.3 is 9.16 Å². The van der Waals surface area contributed by atoms with Gasteiger partial charge in [0, 0.05) is 24.2 Å². The second-order valence-corrected chi connectivity index (χ2v) is 14.0. The predicted octanol–water partition coefficient (Wildman–Crippen LogP) is 4.51. The van der Waals surface area contributed by atoms with Crippen LogP contribution in [-0.2, 0) is 21.3 Å². The molecule has 0 radical (unpaired) electrons. The van der Waals surface area contributed by atoms with Gasteiger partial charge in [0.25, 0.3) is 0 Å². The highest BCUT2D eigenvalue weighted by Crippen LogP contribution is 2.43. The van der Waals surface area contributed by atoms with Gasteiger partial charge in [-0.05, 0) is 30.6 Å². The lowest BCUT2D eigenvalue weighted by molar-refractivity contribution is -0.0207. The Morgan fingerprint density at radius 3 is 2.68 bits per heavy atom. The fourth-order valence-electron chi connectivity index (χ4n) is 3.33. The zero-order valence-corrected chi connectivity index (χ0v) is 18.2. The fraction of sp³-hybridized carbons (Fsp3) is 0.600. The van der Waals surface area contributed by atoms with E-state index in [1.807, 2.05) is 0 Å². The summed E-state index contributed by atoms with van der Waals surface area (Å²) >= 11 is 0. The summed E-state index contributed by atoms with van der Waals surface area (Å²) in [5.74, 6) is -1.08. The predicted molar refractivity (Wildman–Crippen MR) is 105 cm³/mol. The molecule has 0 amide bonds. The quantitative estimate of drug-likeness (QED) is 0.659. The van der Waals surface area contributed by atoms with E-state index in [1.54, 1.807) is 11.0 Å². The molecule has 0 N–H and O–H groups in total. The van der Waals surface area contributed by atoms with E-state index in [9.17, 15) is 8.78 Å². The summed E-state index contributed by atoms with van der Waals surface area (Å²) in [4.78, 5) is 3.96. The molecule has 28 heavy (non-hydrogen) atoms. The zero-order chi connectivity index (χ0) is 20.6. The van der Waals surface area contributed by atoms with Crippen molar-refractivity contribution in [3.63, 3.8) is 0 Å². The number of aromatic nitrogens is 3. The van der Waals surface area contributed by atoms with Crippen molar-refractivity contribution in [3.8, 4) is 0 Å². The molecule has 0 aliphatic carbocycles. The van der Waals surface area contributed by atoms with E-state index >= 15 is 0 Å². The molecule has 2 aromatic rings. The van der Waals surface area contributed by atoms with E-state index < -0.39 is 25.6 Å². The summed E-state index contributed by atoms with van der Waals surface area (Å²) in [5, 5.41) is 4.26. The minimum absolute atomic E-state index is 0.118. The summed E-state index contributed by atoms with van der Waals surface area (Å²) in [5.41, 5.74) is -0.577. The molecule has 0 bridgehead atoms. The van der Waals surface area contributed by atoms with Gasteiger partial charge in [0.05, 0.1) is 13.2 Å². The van der Waals surface area contributed by atoms with Crippen LogP contribution in [-0.4, -0.2) is 36.3 Å². The average molecular weight is 410 g/mol. The number of rotatable bonds is 6. The van der Waals surface area contributed by atoms with Gasteiger partial charge in [0.15, 0.2) is 8.32 Å². The summed E-state index contributed by atoms with van der Waals surface area (Å²) in [6.45, 7) is 12.4. The molecule has 2 atom stereocenters. The second-order valence-electron chi connectivity index (χ2n) is 9.16. The second kappa shape index (κ2) is 7.65. The molecule has 1 aliphatic heterocycles. The highest BCUT2D eigenvalue weighted by molar-refractivity contribution is 6.74. The van der Waals surface area contributed by atoms with Crippen LogP contribution in [0.25, 0.3) is 0 Å². The summed E-state index contributed by atoms with van der Waals surface area (Å²) in [7, 11) is -1.89. The summed E-state index contributed by atoms with van der Waals surface area (Å²) in [6, 6.07) is 3.64. The Bertz CT molecular complexity index is 808. The van der Waals surface area contributed by atoms with Crippen LogP contribution in [0, 0.1) is 17.6 Å². The van der Waals surface area contributed by atoms with E-state index in [4.69, 9.17) is 9.16 Å². The minimum Gasteiger partial charge on any atom is -0.416 e. The summed E-state index contributed by atoms with van der Waals surface area (Å²) < 4.78 is 42.3. The first-order chi connectivity index (χ1) is 13.0. The van der Waals surface area contributed by atoms with Crippen molar-refractivity contribution < 1.29 is 17.9 Å². The van der Waals surface area contributed by atoms with Gasteiger partial charge in [-0.3, -0.25) is 0 Å². The van der Waals surface area contributed by atoms with Crippen molar-refractivity contribution in [1.82, 2.24) is 14.8 Å². The van der Waals surface area contributed by atoms with Crippen LogP contribution in [0.1, 0.15) is 32.8 Å². The molecule has 0 unspecified atom stereocenters. The van der Waals surface area contributed by atoms with E-state index in [1.165, 1.54) is 18.5 Å². The SMILES string of the molecule is CC(C)(C)[Si](C)(C)OC[C@@H]1CO[C@@](Cn2cncn2)(c2ccc(F)cc2F)C1. The van der Waals surface area contributed by atoms with Gasteiger partial charge in [-0.1, -0.05) is 26.8 Å². The number of halogens is 2. The van der Waals surface area contributed by atoms with Gasteiger partial charge in [0.2, 0.25) is 0 Å². The van der Waals surface area contributed by atoms with Crippen LogP contribution in [0.2, 0.25) is 18.1 Å².